The zero-order valence-electron chi connectivity index (χ0n) is 11.4. The Labute approximate surface area is 132 Å². The highest BCUT2D eigenvalue weighted by molar-refractivity contribution is 7.92. The van der Waals surface area contributed by atoms with Crippen LogP contribution in [-0.4, -0.2) is 21.4 Å². The number of amides is 1. The van der Waals surface area contributed by atoms with E-state index in [1.54, 1.807) is 0 Å². The van der Waals surface area contributed by atoms with Crippen molar-refractivity contribution in [1.82, 2.24) is 5.32 Å². The Kier molecular flexibility index (Phi) is 4.68. The number of benzene rings is 2. The Morgan fingerprint density at radius 2 is 1.77 bits per heavy atom. The van der Waals surface area contributed by atoms with E-state index in [1.165, 1.54) is 31.3 Å². The van der Waals surface area contributed by atoms with Gasteiger partial charge in [-0.1, -0.05) is 11.6 Å². The third-order valence-corrected chi connectivity index (χ3v) is 4.50. The van der Waals surface area contributed by atoms with Crippen molar-refractivity contribution in [3.8, 4) is 0 Å². The van der Waals surface area contributed by atoms with Gasteiger partial charge < -0.3 is 5.32 Å². The lowest BCUT2D eigenvalue weighted by Crippen LogP contribution is -2.18. The molecule has 2 aromatic carbocycles. The fourth-order valence-corrected chi connectivity index (χ4v) is 3.02. The van der Waals surface area contributed by atoms with Crippen LogP contribution in [0.2, 0.25) is 5.02 Å². The number of nitrogens with one attached hydrogen (secondary N) is 2. The number of rotatable bonds is 4. The summed E-state index contributed by atoms with van der Waals surface area (Å²) in [4.78, 5) is 11.2. The van der Waals surface area contributed by atoms with E-state index in [0.717, 1.165) is 18.2 Å². The summed E-state index contributed by atoms with van der Waals surface area (Å²) in [5.74, 6) is -0.977. The largest absolute Gasteiger partial charge is 0.355 e. The van der Waals surface area contributed by atoms with Gasteiger partial charge in [0.2, 0.25) is 0 Å². The van der Waals surface area contributed by atoms with Gasteiger partial charge in [-0.3, -0.25) is 9.52 Å². The molecule has 0 fully saturated rings. The number of carbonyl (C=O) groups excluding carboxylic acids is 1. The van der Waals surface area contributed by atoms with Crippen LogP contribution in [0.4, 0.5) is 10.1 Å². The molecule has 0 aromatic heterocycles. The van der Waals surface area contributed by atoms with Gasteiger partial charge in [-0.2, -0.15) is 0 Å². The molecule has 0 heterocycles. The van der Waals surface area contributed by atoms with E-state index in [9.17, 15) is 17.6 Å². The first kappa shape index (κ1) is 16.3. The van der Waals surface area contributed by atoms with E-state index >= 15 is 0 Å². The normalized spacial score (nSPS) is 11.0. The van der Waals surface area contributed by atoms with Crippen molar-refractivity contribution in [3.63, 3.8) is 0 Å². The lowest BCUT2D eigenvalue weighted by Gasteiger charge is -2.09. The van der Waals surface area contributed by atoms with Crippen LogP contribution in [0.1, 0.15) is 10.4 Å². The van der Waals surface area contributed by atoms with Crippen LogP contribution < -0.4 is 10.0 Å². The van der Waals surface area contributed by atoms with Crippen LogP contribution in [0.5, 0.6) is 0 Å². The molecule has 2 N–H and O–H groups in total. The van der Waals surface area contributed by atoms with Gasteiger partial charge in [-0.15, -0.1) is 0 Å². The predicted molar refractivity (Wildman–Crippen MR) is 82.1 cm³/mol. The van der Waals surface area contributed by atoms with Gasteiger partial charge in [0.25, 0.3) is 15.9 Å². The highest BCUT2D eigenvalue weighted by atomic mass is 35.5. The van der Waals surface area contributed by atoms with Crippen LogP contribution in [0, 0.1) is 5.82 Å². The van der Waals surface area contributed by atoms with Crippen molar-refractivity contribution < 1.29 is 17.6 Å². The molecule has 0 radical (unpaired) electrons. The molecule has 0 saturated heterocycles. The zero-order chi connectivity index (χ0) is 16.3. The molecule has 116 valence electrons. The molecule has 22 heavy (non-hydrogen) atoms. The second-order valence-electron chi connectivity index (χ2n) is 4.34. The molecule has 8 heteroatoms. The SMILES string of the molecule is CNC(=O)c1ccc(NS(=O)(=O)c2ccc(F)c(Cl)c2)cc1. The molecule has 0 unspecified atom stereocenters. The third-order valence-electron chi connectivity index (χ3n) is 2.83. The molecular formula is C14H12ClFN2O3S. The molecule has 1 amide bonds. The van der Waals surface area contributed by atoms with Gasteiger partial charge in [-0.25, -0.2) is 12.8 Å². The van der Waals surface area contributed by atoms with Gasteiger partial charge in [0.05, 0.1) is 9.92 Å². The summed E-state index contributed by atoms with van der Waals surface area (Å²) < 4.78 is 39.7. The fraction of sp³-hybridized carbons (Fsp3) is 0.0714. The topological polar surface area (TPSA) is 75.3 Å². The minimum absolute atomic E-state index is 0.158. The second kappa shape index (κ2) is 6.33. The molecular weight excluding hydrogens is 331 g/mol. The molecule has 0 saturated carbocycles. The van der Waals surface area contributed by atoms with E-state index in [1.807, 2.05) is 0 Å². The van der Waals surface area contributed by atoms with E-state index in [-0.39, 0.29) is 21.5 Å². The summed E-state index contributed by atoms with van der Waals surface area (Å²) in [6.07, 6.45) is 0. The first-order chi connectivity index (χ1) is 10.3. The molecule has 0 spiro atoms. The van der Waals surface area contributed by atoms with Gasteiger partial charge in [0, 0.05) is 18.3 Å². The summed E-state index contributed by atoms with van der Waals surface area (Å²) >= 11 is 5.58. The van der Waals surface area contributed by atoms with Crippen molar-refractivity contribution in [2.75, 3.05) is 11.8 Å². The van der Waals surface area contributed by atoms with Crippen molar-refractivity contribution in [2.24, 2.45) is 0 Å². The molecule has 2 rings (SSSR count). The smallest absolute Gasteiger partial charge is 0.261 e. The Morgan fingerprint density at radius 3 is 2.32 bits per heavy atom. The maximum absolute atomic E-state index is 13.1. The summed E-state index contributed by atoms with van der Waals surface area (Å²) in [6.45, 7) is 0. The third kappa shape index (κ3) is 3.55. The average molecular weight is 343 g/mol. The fourth-order valence-electron chi connectivity index (χ4n) is 1.69. The Bertz CT molecular complexity index is 807. The number of sulfonamides is 1. The van der Waals surface area contributed by atoms with E-state index in [4.69, 9.17) is 11.6 Å². The maximum Gasteiger partial charge on any atom is 0.261 e. The quantitative estimate of drug-likeness (QED) is 0.897. The number of hydrogen-bond acceptors (Lipinski definition) is 3. The van der Waals surface area contributed by atoms with Crippen LogP contribution >= 0.6 is 11.6 Å². The van der Waals surface area contributed by atoms with Crippen molar-refractivity contribution >= 4 is 33.2 Å². The number of anilines is 1. The summed E-state index contributed by atoms with van der Waals surface area (Å²) in [6, 6.07) is 8.98. The minimum atomic E-state index is -3.89. The molecule has 0 aliphatic rings. The van der Waals surface area contributed by atoms with Crippen molar-refractivity contribution in [3.05, 3.63) is 58.9 Å². The van der Waals surface area contributed by atoms with Crippen LogP contribution in [0.3, 0.4) is 0 Å². The Balaban J connectivity index is 2.25. The van der Waals surface area contributed by atoms with Crippen LogP contribution in [0.15, 0.2) is 47.4 Å². The van der Waals surface area contributed by atoms with Gasteiger partial charge in [-0.05, 0) is 42.5 Å². The molecule has 0 aliphatic heterocycles. The van der Waals surface area contributed by atoms with Crippen LogP contribution in [-0.2, 0) is 10.0 Å². The molecule has 0 aliphatic carbocycles. The summed E-state index contributed by atoms with van der Waals surface area (Å²) in [7, 11) is -2.40. The number of hydrogen-bond donors (Lipinski definition) is 2. The lowest BCUT2D eigenvalue weighted by molar-refractivity contribution is 0.0963. The zero-order valence-corrected chi connectivity index (χ0v) is 13.0. The van der Waals surface area contributed by atoms with Crippen molar-refractivity contribution in [2.45, 2.75) is 4.90 Å². The lowest BCUT2D eigenvalue weighted by atomic mass is 10.2. The summed E-state index contributed by atoms with van der Waals surface area (Å²) in [5, 5.41) is 2.18. The van der Waals surface area contributed by atoms with Crippen molar-refractivity contribution in [1.29, 1.82) is 0 Å². The van der Waals surface area contributed by atoms with E-state index < -0.39 is 15.8 Å². The second-order valence-corrected chi connectivity index (χ2v) is 6.43. The minimum Gasteiger partial charge on any atom is -0.355 e. The molecule has 5 nitrogen and oxygen atoms in total. The average Bonchev–Trinajstić information content (AvgIpc) is 2.49. The first-order valence-corrected chi connectivity index (χ1v) is 7.99. The van der Waals surface area contributed by atoms with Gasteiger partial charge >= 0.3 is 0 Å². The summed E-state index contributed by atoms with van der Waals surface area (Å²) in [5.41, 5.74) is 0.670. The number of halogens is 2. The molecule has 0 bridgehead atoms. The highest BCUT2D eigenvalue weighted by Crippen LogP contribution is 2.22. The Morgan fingerprint density at radius 1 is 1.14 bits per heavy atom. The molecule has 2 aromatic rings. The monoisotopic (exact) mass is 342 g/mol. The van der Waals surface area contributed by atoms with Crippen LogP contribution in [0.25, 0.3) is 0 Å². The first-order valence-electron chi connectivity index (χ1n) is 6.13. The standard InChI is InChI=1S/C14H12ClFN2O3S/c1-17-14(19)9-2-4-10(5-3-9)18-22(20,21)11-6-7-13(16)12(15)8-11/h2-8,18H,1H3,(H,17,19). The van der Waals surface area contributed by atoms with Gasteiger partial charge in [0.15, 0.2) is 0 Å². The van der Waals surface area contributed by atoms with E-state index in [0.29, 0.717) is 5.56 Å². The Hall–Kier alpha value is -2.12. The van der Waals surface area contributed by atoms with E-state index in [2.05, 4.69) is 10.0 Å². The molecule has 0 atom stereocenters. The maximum atomic E-state index is 13.1. The predicted octanol–water partition coefficient (Wildman–Crippen LogP) is 2.64. The number of carbonyl (C=O) groups is 1. The van der Waals surface area contributed by atoms with Gasteiger partial charge in [0.1, 0.15) is 5.82 Å². The highest BCUT2D eigenvalue weighted by Gasteiger charge is 2.16.